The monoisotopic (exact) mass is 257 g/mol. The molecule has 0 radical (unpaired) electrons. The Balaban J connectivity index is 2.40. The molecule has 0 spiro atoms. The van der Waals surface area contributed by atoms with E-state index in [0.29, 0.717) is 12.1 Å². The van der Waals surface area contributed by atoms with Gasteiger partial charge in [0.15, 0.2) is 0 Å². The highest BCUT2D eigenvalue weighted by molar-refractivity contribution is 5.82. The maximum Gasteiger partial charge on any atom is 0.123 e. The molecule has 0 bridgehead atoms. The van der Waals surface area contributed by atoms with Crippen LogP contribution in [0.2, 0.25) is 0 Å². The summed E-state index contributed by atoms with van der Waals surface area (Å²) in [4.78, 5) is 0. The Kier molecular flexibility index (Phi) is 4.29. The van der Waals surface area contributed by atoms with Crippen LogP contribution < -0.4 is 0 Å². The quantitative estimate of drug-likeness (QED) is 0.497. The number of halogens is 1. The maximum absolute atomic E-state index is 13.4. The molecular weight excluding hydrogens is 241 g/mol. The Morgan fingerprint density at radius 3 is 2.42 bits per heavy atom. The zero-order valence-corrected chi connectivity index (χ0v) is 10.8. The van der Waals surface area contributed by atoms with E-state index in [1.165, 1.54) is 12.1 Å². The van der Waals surface area contributed by atoms with Gasteiger partial charge in [-0.25, -0.2) is 4.39 Å². The first-order chi connectivity index (χ1) is 9.20. The summed E-state index contributed by atoms with van der Waals surface area (Å²) in [5.74, 6) is -0.259. The molecule has 1 unspecified atom stereocenters. The molecule has 1 N–H and O–H groups in total. The average Bonchev–Trinajstić information content (AvgIpc) is 2.45. The van der Waals surface area contributed by atoms with Gasteiger partial charge in [0.2, 0.25) is 0 Å². The fraction of sp³-hybridized carbons (Fsp3) is 0.188. The van der Waals surface area contributed by atoms with Crippen LogP contribution in [0.4, 0.5) is 4.39 Å². The molecule has 0 aliphatic carbocycles. The van der Waals surface area contributed by atoms with Crippen LogP contribution in [0, 0.1) is 5.82 Å². The lowest BCUT2D eigenvalue weighted by molar-refractivity contribution is 0.317. The Hall–Kier alpha value is -2.16. The summed E-state index contributed by atoms with van der Waals surface area (Å²) in [5, 5.41) is 12.1. The van der Waals surface area contributed by atoms with Gasteiger partial charge in [0.1, 0.15) is 5.82 Å². The predicted molar refractivity (Wildman–Crippen MR) is 74.2 cm³/mol. The van der Waals surface area contributed by atoms with Gasteiger partial charge in [-0.1, -0.05) is 47.6 Å². The summed E-state index contributed by atoms with van der Waals surface area (Å²) in [6.45, 7) is 1.76. The average molecular weight is 257 g/mol. The van der Waals surface area contributed by atoms with Crippen molar-refractivity contribution in [3.8, 4) is 0 Å². The van der Waals surface area contributed by atoms with Crippen LogP contribution in [0.1, 0.15) is 30.4 Å². The van der Waals surface area contributed by atoms with E-state index >= 15 is 0 Å². The van der Waals surface area contributed by atoms with E-state index < -0.39 is 0 Å². The first-order valence-electron chi connectivity index (χ1n) is 6.18. The number of rotatable bonds is 4. The van der Waals surface area contributed by atoms with Crippen molar-refractivity contribution in [1.29, 1.82) is 0 Å². The normalized spacial score (nSPS) is 13.3. The van der Waals surface area contributed by atoms with E-state index in [0.717, 1.165) is 11.1 Å². The van der Waals surface area contributed by atoms with Gasteiger partial charge in [-0.3, -0.25) is 0 Å². The van der Waals surface area contributed by atoms with Crippen LogP contribution in [0.15, 0.2) is 59.8 Å². The number of oxime groups is 1. The second kappa shape index (κ2) is 6.14. The summed E-state index contributed by atoms with van der Waals surface area (Å²) in [7, 11) is 0. The molecule has 2 nitrogen and oxygen atoms in total. The van der Waals surface area contributed by atoms with Gasteiger partial charge < -0.3 is 5.21 Å². The summed E-state index contributed by atoms with van der Waals surface area (Å²) >= 11 is 0. The van der Waals surface area contributed by atoms with Gasteiger partial charge >= 0.3 is 0 Å². The van der Waals surface area contributed by atoms with Gasteiger partial charge in [0.05, 0.1) is 5.71 Å². The summed E-state index contributed by atoms with van der Waals surface area (Å²) < 4.78 is 13.4. The minimum Gasteiger partial charge on any atom is -0.411 e. The molecule has 0 aromatic heterocycles. The minimum atomic E-state index is -0.253. The highest BCUT2D eigenvalue weighted by Crippen LogP contribution is 2.28. The molecule has 0 saturated carbocycles. The Morgan fingerprint density at radius 1 is 1.11 bits per heavy atom. The van der Waals surface area contributed by atoms with E-state index in [1.807, 2.05) is 36.4 Å². The lowest BCUT2D eigenvalue weighted by Gasteiger charge is -2.17. The van der Waals surface area contributed by atoms with Crippen LogP contribution >= 0.6 is 0 Å². The molecule has 19 heavy (non-hydrogen) atoms. The largest absolute Gasteiger partial charge is 0.411 e. The van der Waals surface area contributed by atoms with Crippen molar-refractivity contribution in [2.75, 3.05) is 0 Å². The molecule has 2 rings (SSSR count). The van der Waals surface area contributed by atoms with Gasteiger partial charge in [0, 0.05) is 5.92 Å². The van der Waals surface area contributed by atoms with E-state index in [2.05, 4.69) is 5.16 Å². The molecule has 0 saturated heterocycles. The van der Waals surface area contributed by atoms with Crippen LogP contribution in [-0.4, -0.2) is 10.9 Å². The van der Waals surface area contributed by atoms with Crippen molar-refractivity contribution in [2.24, 2.45) is 5.16 Å². The van der Waals surface area contributed by atoms with Gasteiger partial charge in [-0.2, -0.15) is 0 Å². The van der Waals surface area contributed by atoms with Crippen molar-refractivity contribution >= 4 is 5.71 Å². The standard InChI is InChI=1S/C16H16FNO/c1-12(18-19)10-16(13-6-3-2-4-7-13)14-8-5-9-15(17)11-14/h2-9,11,16,19H,10H2,1H3. The Labute approximate surface area is 112 Å². The lowest BCUT2D eigenvalue weighted by atomic mass is 9.87. The van der Waals surface area contributed by atoms with Crippen molar-refractivity contribution in [1.82, 2.24) is 0 Å². The first kappa shape index (κ1) is 13.3. The second-order valence-corrected chi connectivity index (χ2v) is 4.56. The smallest absolute Gasteiger partial charge is 0.123 e. The van der Waals surface area contributed by atoms with Crippen LogP contribution in [-0.2, 0) is 0 Å². The van der Waals surface area contributed by atoms with Crippen molar-refractivity contribution in [3.63, 3.8) is 0 Å². The highest BCUT2D eigenvalue weighted by Gasteiger charge is 2.16. The van der Waals surface area contributed by atoms with E-state index in [-0.39, 0.29) is 11.7 Å². The number of benzene rings is 2. The number of nitrogens with zero attached hydrogens (tertiary/aromatic N) is 1. The summed E-state index contributed by atoms with van der Waals surface area (Å²) in [5.41, 5.74) is 2.59. The van der Waals surface area contributed by atoms with E-state index in [4.69, 9.17) is 5.21 Å². The minimum absolute atomic E-state index is 0.00667. The Bertz CT molecular complexity index is 566. The summed E-state index contributed by atoms with van der Waals surface area (Å²) in [6.07, 6.45) is 0.559. The fourth-order valence-electron chi connectivity index (χ4n) is 2.17. The third kappa shape index (κ3) is 3.41. The van der Waals surface area contributed by atoms with Gasteiger partial charge in [-0.15, -0.1) is 0 Å². The number of hydrogen-bond acceptors (Lipinski definition) is 2. The van der Waals surface area contributed by atoms with Crippen LogP contribution in [0.3, 0.4) is 0 Å². The molecule has 0 aliphatic heterocycles. The zero-order chi connectivity index (χ0) is 13.7. The molecule has 0 amide bonds. The first-order valence-corrected chi connectivity index (χ1v) is 6.18. The molecule has 0 heterocycles. The second-order valence-electron chi connectivity index (χ2n) is 4.56. The van der Waals surface area contributed by atoms with Crippen LogP contribution in [0.5, 0.6) is 0 Å². The molecular formula is C16H16FNO. The van der Waals surface area contributed by atoms with E-state index in [9.17, 15) is 4.39 Å². The topological polar surface area (TPSA) is 32.6 Å². The third-order valence-electron chi connectivity index (χ3n) is 3.12. The third-order valence-corrected chi connectivity index (χ3v) is 3.12. The summed E-state index contributed by atoms with van der Waals surface area (Å²) in [6, 6.07) is 16.4. The molecule has 0 fully saturated rings. The van der Waals surface area contributed by atoms with Crippen molar-refractivity contribution in [2.45, 2.75) is 19.3 Å². The molecule has 2 aromatic carbocycles. The zero-order valence-electron chi connectivity index (χ0n) is 10.8. The van der Waals surface area contributed by atoms with Gasteiger partial charge in [0.25, 0.3) is 0 Å². The highest BCUT2D eigenvalue weighted by atomic mass is 19.1. The molecule has 98 valence electrons. The van der Waals surface area contributed by atoms with Crippen molar-refractivity contribution in [3.05, 3.63) is 71.5 Å². The molecule has 0 aliphatic rings. The molecule has 1 atom stereocenters. The van der Waals surface area contributed by atoms with Gasteiger partial charge in [-0.05, 0) is 36.6 Å². The maximum atomic E-state index is 13.4. The SMILES string of the molecule is CC(CC(c1ccccc1)c1cccc(F)c1)=NO. The molecule has 3 heteroatoms. The van der Waals surface area contributed by atoms with Crippen LogP contribution in [0.25, 0.3) is 0 Å². The lowest BCUT2D eigenvalue weighted by Crippen LogP contribution is -2.07. The van der Waals surface area contributed by atoms with Crippen molar-refractivity contribution < 1.29 is 9.60 Å². The number of hydrogen-bond donors (Lipinski definition) is 1. The fourth-order valence-corrected chi connectivity index (χ4v) is 2.17. The Morgan fingerprint density at radius 2 is 1.79 bits per heavy atom. The predicted octanol–water partition coefficient (Wildman–Crippen LogP) is 4.20. The molecule has 2 aromatic rings. The van der Waals surface area contributed by atoms with E-state index in [1.54, 1.807) is 13.0 Å².